The molecule has 3 nitrogen and oxygen atoms in total. The molecule has 2 aromatic rings. The number of halogens is 1. The summed E-state index contributed by atoms with van der Waals surface area (Å²) in [4.78, 5) is 1.41. The average molecular weight is 262 g/mol. The third-order valence-corrected chi connectivity index (χ3v) is 2.60. The molecule has 0 unspecified atom stereocenters. The molecule has 0 spiro atoms. The summed E-state index contributed by atoms with van der Waals surface area (Å²) in [6.07, 6.45) is 0. The number of aryl methyl sites for hydroxylation is 2. The summed E-state index contributed by atoms with van der Waals surface area (Å²) < 4.78 is 0. The van der Waals surface area contributed by atoms with Crippen LogP contribution < -0.4 is 18.2 Å². The minimum atomic E-state index is 0. The van der Waals surface area contributed by atoms with Crippen molar-refractivity contribution >= 4 is 11.4 Å². The Morgan fingerprint density at radius 3 is 2.39 bits per heavy atom. The molecule has 2 N–H and O–H groups in total. The maximum atomic E-state index is 5.93. The minimum absolute atomic E-state index is 0. The summed E-state index contributed by atoms with van der Waals surface area (Å²) in [7, 11) is 0. The molecule has 0 radical (unpaired) electrons. The van der Waals surface area contributed by atoms with E-state index in [0.717, 1.165) is 22.5 Å². The van der Waals surface area contributed by atoms with Crippen LogP contribution in [0.5, 0.6) is 0 Å². The number of rotatable bonds is 2. The van der Waals surface area contributed by atoms with Gasteiger partial charge in [-0.3, -0.25) is 0 Å². The van der Waals surface area contributed by atoms with Crippen LogP contribution in [0.25, 0.3) is 0 Å². The van der Waals surface area contributed by atoms with E-state index in [0.29, 0.717) is 0 Å². The summed E-state index contributed by atoms with van der Waals surface area (Å²) in [5, 5.41) is 4.38. The van der Waals surface area contributed by atoms with Gasteiger partial charge in [0.2, 0.25) is 0 Å². The van der Waals surface area contributed by atoms with Crippen LogP contribution in [0.1, 0.15) is 11.1 Å². The van der Waals surface area contributed by atoms with Crippen LogP contribution in [0, 0.1) is 13.8 Å². The van der Waals surface area contributed by atoms with E-state index < -0.39 is 0 Å². The number of nitrogens with zero attached hydrogens (tertiary/aromatic N) is 2. The topological polar surface area (TPSA) is 41.4 Å². The second-order valence-corrected chi connectivity index (χ2v) is 4.07. The first-order valence-electron chi connectivity index (χ1n) is 5.55. The third kappa shape index (κ3) is 3.31. The molecule has 94 valence electrons. The zero-order valence-electron chi connectivity index (χ0n) is 10.5. The Morgan fingerprint density at radius 2 is 1.72 bits per heavy atom. The predicted octanol–water partition coefficient (Wildman–Crippen LogP) is 0.609. The second-order valence-electron chi connectivity index (χ2n) is 4.07. The standard InChI is InChI=1S/C14H16N3.ClH/c1-11-6-5-8-13(10-11)17(15)16-14-9-4-3-7-12(14)2;/h3-10H,1-2H3,(H2,15,16);1H/q+1;/p-1. The van der Waals surface area contributed by atoms with E-state index in [1.54, 1.807) is 0 Å². The van der Waals surface area contributed by atoms with Crippen molar-refractivity contribution in [1.82, 2.24) is 0 Å². The van der Waals surface area contributed by atoms with Crippen molar-refractivity contribution < 1.29 is 17.2 Å². The van der Waals surface area contributed by atoms with Crippen molar-refractivity contribution in [3.63, 3.8) is 0 Å². The molecule has 0 aromatic heterocycles. The molecule has 0 bridgehead atoms. The van der Waals surface area contributed by atoms with E-state index in [1.807, 2.05) is 62.4 Å². The highest BCUT2D eigenvalue weighted by atomic mass is 35.5. The third-order valence-electron chi connectivity index (χ3n) is 2.60. The fraction of sp³-hybridized carbons (Fsp3) is 0.143. The monoisotopic (exact) mass is 261 g/mol. The zero-order valence-corrected chi connectivity index (χ0v) is 11.2. The van der Waals surface area contributed by atoms with E-state index in [4.69, 9.17) is 5.84 Å². The van der Waals surface area contributed by atoms with Gasteiger partial charge in [-0.25, -0.2) is 0 Å². The van der Waals surface area contributed by atoms with Gasteiger partial charge in [0.05, 0.1) is 0 Å². The van der Waals surface area contributed by atoms with Gasteiger partial charge < -0.3 is 12.4 Å². The van der Waals surface area contributed by atoms with E-state index >= 15 is 0 Å². The predicted molar refractivity (Wildman–Crippen MR) is 68.6 cm³/mol. The van der Waals surface area contributed by atoms with E-state index in [9.17, 15) is 0 Å². The van der Waals surface area contributed by atoms with Gasteiger partial charge in [0.15, 0.2) is 0 Å². The Bertz CT molecular complexity index is 564. The number of hydrazine groups is 1. The summed E-state index contributed by atoms with van der Waals surface area (Å²) in [5.74, 6) is 5.93. The van der Waals surface area contributed by atoms with Crippen molar-refractivity contribution in [3.05, 3.63) is 59.7 Å². The lowest BCUT2D eigenvalue weighted by molar-refractivity contribution is -0.520. The molecule has 0 aliphatic rings. The highest BCUT2D eigenvalue weighted by Crippen LogP contribution is 2.20. The average Bonchev–Trinajstić information content (AvgIpc) is 2.32. The van der Waals surface area contributed by atoms with Crippen LogP contribution in [-0.4, -0.2) is 4.81 Å². The number of hydrogen-bond donors (Lipinski definition) is 1. The van der Waals surface area contributed by atoms with E-state index in [1.165, 1.54) is 4.81 Å². The van der Waals surface area contributed by atoms with Crippen LogP contribution >= 0.6 is 0 Å². The molecular formula is C14H16ClN3. The van der Waals surface area contributed by atoms with Crippen molar-refractivity contribution in [1.29, 1.82) is 0 Å². The lowest BCUT2D eigenvalue weighted by Crippen LogP contribution is -3.00. The first-order valence-corrected chi connectivity index (χ1v) is 5.55. The number of hydrogen-bond acceptors (Lipinski definition) is 1. The van der Waals surface area contributed by atoms with Crippen LogP contribution in [0.3, 0.4) is 0 Å². The molecule has 4 heteroatoms. The number of nitrogens with two attached hydrogens (primary N) is 1. The zero-order chi connectivity index (χ0) is 12.3. The summed E-state index contributed by atoms with van der Waals surface area (Å²) in [5.41, 5.74) is 4.04. The van der Waals surface area contributed by atoms with Crippen LogP contribution in [0.2, 0.25) is 0 Å². The second kappa shape index (κ2) is 6.17. The minimum Gasteiger partial charge on any atom is -1.00 e. The van der Waals surface area contributed by atoms with Gasteiger partial charge in [-0.05, 0) is 31.0 Å². The van der Waals surface area contributed by atoms with Gasteiger partial charge >= 0.3 is 0 Å². The van der Waals surface area contributed by atoms with Gasteiger partial charge in [0, 0.05) is 22.1 Å². The Morgan fingerprint density at radius 1 is 1.00 bits per heavy atom. The van der Waals surface area contributed by atoms with Gasteiger partial charge in [-0.15, -0.1) is 0 Å². The summed E-state index contributed by atoms with van der Waals surface area (Å²) in [6.45, 7) is 4.05. The highest BCUT2D eigenvalue weighted by Gasteiger charge is 2.08. The fourth-order valence-corrected chi connectivity index (χ4v) is 1.62. The molecule has 0 saturated carbocycles. The lowest BCUT2D eigenvalue weighted by Gasteiger charge is -1.97. The maximum absolute atomic E-state index is 5.93. The first kappa shape index (κ1) is 14.2. The van der Waals surface area contributed by atoms with Gasteiger partial charge in [0.1, 0.15) is 5.69 Å². The van der Waals surface area contributed by atoms with Crippen LogP contribution in [0.15, 0.2) is 53.6 Å². The van der Waals surface area contributed by atoms with Crippen molar-refractivity contribution in [2.45, 2.75) is 13.8 Å². The Balaban J connectivity index is 0.00000162. The van der Waals surface area contributed by atoms with Crippen LogP contribution in [-0.2, 0) is 0 Å². The molecule has 0 heterocycles. The molecule has 0 fully saturated rings. The van der Waals surface area contributed by atoms with Gasteiger partial charge in [-0.2, -0.15) is 5.84 Å². The molecule has 0 aliphatic heterocycles. The molecule has 2 aromatic carbocycles. The molecule has 2 rings (SSSR count). The SMILES string of the molecule is Cc1cccc([N+](N)=Nc2ccccc2C)c1.[Cl-]. The molecule has 18 heavy (non-hydrogen) atoms. The molecule has 0 saturated heterocycles. The smallest absolute Gasteiger partial charge is 0.265 e. The van der Waals surface area contributed by atoms with Gasteiger partial charge in [-0.1, -0.05) is 30.3 Å². The highest BCUT2D eigenvalue weighted by molar-refractivity contribution is 5.43. The lowest BCUT2D eigenvalue weighted by atomic mass is 10.2. The quantitative estimate of drug-likeness (QED) is 0.366. The van der Waals surface area contributed by atoms with Gasteiger partial charge in [0.25, 0.3) is 5.69 Å². The number of benzene rings is 2. The van der Waals surface area contributed by atoms with E-state index in [2.05, 4.69) is 5.11 Å². The normalized spacial score (nSPS) is 10.9. The van der Waals surface area contributed by atoms with Crippen molar-refractivity contribution in [2.75, 3.05) is 0 Å². The van der Waals surface area contributed by atoms with Crippen LogP contribution in [0.4, 0.5) is 11.4 Å². The first-order chi connectivity index (χ1) is 8.16. The molecular weight excluding hydrogens is 246 g/mol. The Hall–Kier alpha value is -1.87. The maximum Gasteiger partial charge on any atom is 0.265 e. The Labute approximate surface area is 113 Å². The fourth-order valence-electron chi connectivity index (χ4n) is 1.62. The molecule has 0 aliphatic carbocycles. The van der Waals surface area contributed by atoms with E-state index in [-0.39, 0.29) is 12.4 Å². The number of azo groups is 1. The molecule has 0 amide bonds. The largest absolute Gasteiger partial charge is 1.00 e. The molecule has 0 atom stereocenters. The Kier molecular flexibility index (Phi) is 4.86. The summed E-state index contributed by atoms with van der Waals surface area (Å²) in [6, 6.07) is 15.9. The van der Waals surface area contributed by atoms with Crippen molar-refractivity contribution in [2.24, 2.45) is 11.0 Å². The van der Waals surface area contributed by atoms with Crippen molar-refractivity contribution in [3.8, 4) is 0 Å². The summed E-state index contributed by atoms with van der Waals surface area (Å²) >= 11 is 0.